The van der Waals surface area contributed by atoms with E-state index in [1.807, 2.05) is 24.3 Å². The van der Waals surface area contributed by atoms with Gasteiger partial charge < -0.3 is 10.3 Å². The number of carbonyl (C=O) groups excluding carboxylic acids is 1. The third-order valence-electron chi connectivity index (χ3n) is 4.20. The zero-order valence-electron chi connectivity index (χ0n) is 13.5. The van der Waals surface area contributed by atoms with Crippen molar-refractivity contribution in [3.05, 3.63) is 72.1 Å². The zero-order valence-corrected chi connectivity index (χ0v) is 13.5. The van der Waals surface area contributed by atoms with Crippen molar-refractivity contribution in [1.29, 1.82) is 0 Å². The first-order valence-corrected chi connectivity index (χ1v) is 7.91. The number of H-pyrrole nitrogens is 2. The third kappa shape index (κ3) is 2.87. The summed E-state index contributed by atoms with van der Waals surface area (Å²) in [7, 11) is 0. The molecule has 25 heavy (non-hydrogen) atoms. The second-order valence-corrected chi connectivity index (χ2v) is 5.76. The zero-order chi connectivity index (χ0) is 17.2. The Kier molecular flexibility index (Phi) is 3.74. The summed E-state index contributed by atoms with van der Waals surface area (Å²) in [6.07, 6.45) is 6.81. The third-order valence-corrected chi connectivity index (χ3v) is 4.20. The Morgan fingerprint density at radius 1 is 1.12 bits per heavy atom. The van der Waals surface area contributed by atoms with E-state index in [0.29, 0.717) is 16.9 Å². The lowest BCUT2D eigenvalue weighted by molar-refractivity contribution is 0.102. The fourth-order valence-corrected chi connectivity index (χ4v) is 2.75. The van der Waals surface area contributed by atoms with Crippen molar-refractivity contribution < 1.29 is 4.79 Å². The number of benzene rings is 1. The van der Waals surface area contributed by atoms with Crippen molar-refractivity contribution in [3.63, 3.8) is 0 Å². The number of rotatable bonds is 4. The van der Waals surface area contributed by atoms with Crippen molar-refractivity contribution in [1.82, 2.24) is 25.1 Å². The quantitative estimate of drug-likeness (QED) is 0.535. The molecular weight excluding hydrogens is 316 g/mol. The Balaban J connectivity index is 1.54. The summed E-state index contributed by atoms with van der Waals surface area (Å²) in [6, 6.07) is 9.28. The SMILES string of the molecule is C[C@H](c1ccc(C(=O)Nc2ccnc3[nH]ncc23)cc1)c1ncc[nH]1. The molecule has 0 radical (unpaired) electrons. The van der Waals surface area contributed by atoms with Gasteiger partial charge in [-0.25, -0.2) is 9.97 Å². The number of aromatic nitrogens is 5. The molecule has 0 spiro atoms. The van der Waals surface area contributed by atoms with Gasteiger partial charge in [0, 0.05) is 30.1 Å². The van der Waals surface area contributed by atoms with Crippen LogP contribution in [0.25, 0.3) is 11.0 Å². The molecule has 3 N–H and O–H groups in total. The minimum atomic E-state index is -0.175. The van der Waals surface area contributed by atoms with Gasteiger partial charge in [-0.1, -0.05) is 19.1 Å². The second kappa shape index (κ2) is 6.20. The van der Waals surface area contributed by atoms with Crippen LogP contribution < -0.4 is 5.32 Å². The van der Waals surface area contributed by atoms with E-state index < -0.39 is 0 Å². The van der Waals surface area contributed by atoms with Crippen molar-refractivity contribution in [3.8, 4) is 0 Å². The molecule has 4 rings (SSSR count). The van der Waals surface area contributed by atoms with Crippen LogP contribution in [0.4, 0.5) is 5.69 Å². The summed E-state index contributed by atoms with van der Waals surface area (Å²) >= 11 is 0. The molecule has 0 aliphatic rings. The molecule has 4 aromatic rings. The van der Waals surface area contributed by atoms with Crippen molar-refractivity contribution in [2.45, 2.75) is 12.8 Å². The van der Waals surface area contributed by atoms with Crippen LogP contribution in [0.2, 0.25) is 0 Å². The van der Waals surface area contributed by atoms with E-state index in [4.69, 9.17) is 0 Å². The van der Waals surface area contributed by atoms with Gasteiger partial charge in [0.1, 0.15) is 5.82 Å². The lowest BCUT2D eigenvalue weighted by Crippen LogP contribution is -2.12. The first-order chi connectivity index (χ1) is 12.2. The van der Waals surface area contributed by atoms with E-state index in [2.05, 4.69) is 37.4 Å². The number of fused-ring (bicyclic) bond motifs is 1. The lowest BCUT2D eigenvalue weighted by Gasteiger charge is -2.10. The van der Waals surface area contributed by atoms with E-state index in [1.54, 1.807) is 30.9 Å². The number of hydrogen-bond donors (Lipinski definition) is 3. The Hall–Kier alpha value is -3.48. The van der Waals surface area contributed by atoms with E-state index in [-0.39, 0.29) is 11.8 Å². The topological polar surface area (TPSA) is 99.3 Å². The van der Waals surface area contributed by atoms with Crippen molar-refractivity contribution in [2.24, 2.45) is 0 Å². The number of imidazole rings is 1. The number of nitrogens with one attached hydrogen (secondary N) is 3. The summed E-state index contributed by atoms with van der Waals surface area (Å²) in [4.78, 5) is 24.1. The number of nitrogens with zero attached hydrogens (tertiary/aromatic N) is 3. The molecule has 0 unspecified atom stereocenters. The Morgan fingerprint density at radius 2 is 1.96 bits per heavy atom. The van der Waals surface area contributed by atoms with E-state index >= 15 is 0 Å². The molecule has 0 bridgehead atoms. The number of aromatic amines is 2. The normalized spacial score (nSPS) is 12.2. The molecule has 3 aromatic heterocycles. The summed E-state index contributed by atoms with van der Waals surface area (Å²) < 4.78 is 0. The molecular formula is C18H16N6O. The number of carbonyl (C=O) groups is 1. The van der Waals surface area contributed by atoms with Crippen LogP contribution in [0.1, 0.15) is 34.6 Å². The minimum absolute atomic E-state index is 0.137. The van der Waals surface area contributed by atoms with Gasteiger partial charge in [0.25, 0.3) is 5.91 Å². The number of hydrogen-bond acceptors (Lipinski definition) is 4. The molecule has 0 aliphatic heterocycles. The molecule has 7 nitrogen and oxygen atoms in total. The van der Waals surface area contributed by atoms with Crippen LogP contribution in [0.15, 0.2) is 55.1 Å². The maximum Gasteiger partial charge on any atom is 0.255 e. The van der Waals surface area contributed by atoms with Crippen LogP contribution in [0.5, 0.6) is 0 Å². The molecule has 0 saturated carbocycles. The average Bonchev–Trinajstić information content (AvgIpc) is 3.33. The highest BCUT2D eigenvalue weighted by atomic mass is 16.1. The maximum atomic E-state index is 12.5. The highest BCUT2D eigenvalue weighted by Crippen LogP contribution is 2.23. The predicted octanol–water partition coefficient (Wildman–Crippen LogP) is 3.09. The summed E-state index contributed by atoms with van der Waals surface area (Å²) in [6.45, 7) is 2.07. The molecule has 0 aliphatic carbocycles. The molecule has 0 fully saturated rings. The smallest absolute Gasteiger partial charge is 0.255 e. The van der Waals surface area contributed by atoms with Crippen LogP contribution in [0, 0.1) is 0 Å². The van der Waals surface area contributed by atoms with E-state index in [1.165, 1.54) is 0 Å². The molecule has 0 saturated heterocycles. The standard InChI is InChI=1S/C18H16N6O/c1-11(16-20-8-9-21-16)12-2-4-13(5-3-12)18(25)23-15-6-7-19-17-14(15)10-22-24-17/h2-11H,1H3,(H,20,21)(H2,19,22,23,24,25)/t11-/m1/s1. The summed E-state index contributed by atoms with van der Waals surface area (Å²) in [5.74, 6) is 0.861. The van der Waals surface area contributed by atoms with Gasteiger partial charge >= 0.3 is 0 Å². The summed E-state index contributed by atoms with van der Waals surface area (Å²) in [5.41, 5.74) is 2.99. The largest absolute Gasteiger partial charge is 0.348 e. The predicted molar refractivity (Wildman–Crippen MR) is 94.4 cm³/mol. The molecule has 1 aromatic carbocycles. The van der Waals surface area contributed by atoms with Gasteiger partial charge in [0.2, 0.25) is 0 Å². The first-order valence-electron chi connectivity index (χ1n) is 7.91. The molecule has 124 valence electrons. The number of anilines is 1. The highest BCUT2D eigenvalue weighted by molar-refractivity contribution is 6.08. The Morgan fingerprint density at radius 3 is 2.72 bits per heavy atom. The highest BCUT2D eigenvalue weighted by Gasteiger charge is 2.13. The van der Waals surface area contributed by atoms with Gasteiger partial charge in [-0.05, 0) is 23.8 Å². The molecule has 7 heteroatoms. The fourth-order valence-electron chi connectivity index (χ4n) is 2.75. The van der Waals surface area contributed by atoms with Gasteiger partial charge in [-0.3, -0.25) is 9.89 Å². The number of amides is 1. The van der Waals surface area contributed by atoms with E-state index in [9.17, 15) is 4.79 Å². The molecule has 1 atom stereocenters. The number of pyridine rings is 1. The first kappa shape index (κ1) is 15.1. The van der Waals surface area contributed by atoms with Gasteiger partial charge in [0.15, 0.2) is 5.65 Å². The summed E-state index contributed by atoms with van der Waals surface area (Å²) in [5, 5.41) is 10.4. The molecule has 1 amide bonds. The van der Waals surface area contributed by atoms with Crippen LogP contribution >= 0.6 is 0 Å². The van der Waals surface area contributed by atoms with Crippen molar-refractivity contribution >= 4 is 22.6 Å². The molecule has 3 heterocycles. The fraction of sp³-hybridized carbons (Fsp3) is 0.111. The van der Waals surface area contributed by atoms with Crippen LogP contribution in [0.3, 0.4) is 0 Å². The van der Waals surface area contributed by atoms with Crippen LogP contribution in [-0.4, -0.2) is 31.1 Å². The Bertz CT molecular complexity index is 1000. The van der Waals surface area contributed by atoms with Gasteiger partial charge in [0.05, 0.1) is 17.3 Å². The van der Waals surface area contributed by atoms with Gasteiger partial charge in [-0.15, -0.1) is 0 Å². The Labute approximate surface area is 143 Å². The van der Waals surface area contributed by atoms with Gasteiger partial charge in [-0.2, -0.15) is 5.10 Å². The van der Waals surface area contributed by atoms with E-state index in [0.717, 1.165) is 16.8 Å². The second-order valence-electron chi connectivity index (χ2n) is 5.76. The van der Waals surface area contributed by atoms with Crippen LogP contribution in [-0.2, 0) is 0 Å². The average molecular weight is 332 g/mol. The monoisotopic (exact) mass is 332 g/mol. The lowest BCUT2D eigenvalue weighted by atomic mass is 9.99. The van der Waals surface area contributed by atoms with Crippen molar-refractivity contribution in [2.75, 3.05) is 5.32 Å². The minimum Gasteiger partial charge on any atom is -0.348 e. The maximum absolute atomic E-state index is 12.5.